The molecule has 0 bridgehead atoms. The molecule has 2 aromatic heterocycles. The summed E-state index contributed by atoms with van der Waals surface area (Å²) in [5.74, 6) is 0.691. The van der Waals surface area contributed by atoms with Crippen molar-refractivity contribution in [3.8, 4) is 5.82 Å². The number of hydrogen-bond acceptors (Lipinski definition) is 4. The molecule has 0 aliphatic carbocycles. The second-order valence-electron chi connectivity index (χ2n) is 6.25. The van der Waals surface area contributed by atoms with Crippen LogP contribution in [0.1, 0.15) is 31.1 Å². The Balaban J connectivity index is 1.85. The summed E-state index contributed by atoms with van der Waals surface area (Å²) in [6.45, 7) is 7.19. The smallest absolute Gasteiger partial charge is 0.254 e. The molecule has 1 fully saturated rings. The molecular formula is C16H20N4O2. The normalized spacial score (nSPS) is 20.9. The molecule has 0 N–H and O–H groups in total. The van der Waals surface area contributed by atoms with Crippen molar-refractivity contribution in [1.82, 2.24) is 19.4 Å². The molecule has 22 heavy (non-hydrogen) atoms. The third-order valence-corrected chi connectivity index (χ3v) is 3.62. The molecule has 6 nitrogen and oxygen atoms in total. The van der Waals surface area contributed by atoms with E-state index in [9.17, 15) is 4.79 Å². The van der Waals surface area contributed by atoms with Crippen LogP contribution in [0.3, 0.4) is 0 Å². The third-order valence-electron chi connectivity index (χ3n) is 3.62. The summed E-state index contributed by atoms with van der Waals surface area (Å²) in [7, 11) is 0. The second-order valence-corrected chi connectivity index (χ2v) is 6.25. The SMILES string of the molecule is C[C@@H]1CN(C(=O)c2ccnc(-n3ccnc3)c2)CC(C)(C)O1. The van der Waals surface area contributed by atoms with Crippen molar-refractivity contribution in [2.45, 2.75) is 32.5 Å². The number of pyridine rings is 1. The minimum absolute atomic E-state index is 0.00647. The first kappa shape index (κ1) is 14.7. The summed E-state index contributed by atoms with van der Waals surface area (Å²) < 4.78 is 7.63. The Morgan fingerprint density at radius 3 is 2.91 bits per heavy atom. The fourth-order valence-corrected chi connectivity index (χ4v) is 2.88. The maximum atomic E-state index is 12.8. The number of hydrogen-bond donors (Lipinski definition) is 0. The molecule has 0 radical (unpaired) electrons. The molecule has 116 valence electrons. The zero-order valence-corrected chi connectivity index (χ0v) is 13.1. The molecule has 0 saturated carbocycles. The average molecular weight is 300 g/mol. The van der Waals surface area contributed by atoms with Gasteiger partial charge in [0.25, 0.3) is 5.91 Å². The first-order valence-electron chi connectivity index (χ1n) is 7.36. The summed E-state index contributed by atoms with van der Waals surface area (Å²) in [4.78, 5) is 22.9. The highest BCUT2D eigenvalue weighted by molar-refractivity contribution is 5.94. The van der Waals surface area contributed by atoms with Crippen LogP contribution < -0.4 is 0 Å². The molecular weight excluding hydrogens is 280 g/mol. The van der Waals surface area contributed by atoms with Gasteiger partial charge in [0.2, 0.25) is 0 Å². The lowest BCUT2D eigenvalue weighted by Gasteiger charge is -2.41. The first-order chi connectivity index (χ1) is 10.4. The monoisotopic (exact) mass is 300 g/mol. The van der Waals surface area contributed by atoms with Crippen molar-refractivity contribution in [3.05, 3.63) is 42.6 Å². The van der Waals surface area contributed by atoms with E-state index in [1.807, 2.05) is 25.7 Å². The van der Waals surface area contributed by atoms with Gasteiger partial charge in [0, 0.05) is 37.2 Å². The van der Waals surface area contributed by atoms with Crippen LogP contribution >= 0.6 is 0 Å². The highest BCUT2D eigenvalue weighted by Crippen LogP contribution is 2.22. The van der Waals surface area contributed by atoms with Crippen LogP contribution in [0.15, 0.2) is 37.1 Å². The van der Waals surface area contributed by atoms with E-state index in [2.05, 4.69) is 9.97 Å². The van der Waals surface area contributed by atoms with Gasteiger partial charge in [-0.15, -0.1) is 0 Å². The minimum Gasteiger partial charge on any atom is -0.369 e. The molecule has 3 rings (SSSR count). The number of nitrogens with zero attached hydrogens (tertiary/aromatic N) is 4. The number of carbonyl (C=O) groups excluding carboxylic acids is 1. The van der Waals surface area contributed by atoms with E-state index in [0.29, 0.717) is 24.5 Å². The molecule has 1 saturated heterocycles. The molecule has 0 spiro atoms. The fraction of sp³-hybridized carbons (Fsp3) is 0.438. The van der Waals surface area contributed by atoms with Crippen LogP contribution in [0.2, 0.25) is 0 Å². The zero-order chi connectivity index (χ0) is 15.7. The Morgan fingerprint density at radius 1 is 1.41 bits per heavy atom. The van der Waals surface area contributed by atoms with Crippen molar-refractivity contribution in [1.29, 1.82) is 0 Å². The predicted octanol–water partition coefficient (Wildman–Crippen LogP) is 1.91. The highest BCUT2D eigenvalue weighted by Gasteiger charge is 2.34. The van der Waals surface area contributed by atoms with Gasteiger partial charge in [-0.05, 0) is 32.9 Å². The van der Waals surface area contributed by atoms with Gasteiger partial charge in [0.15, 0.2) is 0 Å². The van der Waals surface area contributed by atoms with Crippen LogP contribution in [0, 0.1) is 0 Å². The maximum Gasteiger partial charge on any atom is 0.254 e. The number of morpholine rings is 1. The van der Waals surface area contributed by atoms with Gasteiger partial charge in [0.05, 0.1) is 11.7 Å². The Morgan fingerprint density at radius 2 is 2.23 bits per heavy atom. The minimum atomic E-state index is -0.326. The Labute approximate surface area is 129 Å². The third kappa shape index (κ3) is 3.01. The van der Waals surface area contributed by atoms with Gasteiger partial charge in [-0.1, -0.05) is 0 Å². The summed E-state index contributed by atoms with van der Waals surface area (Å²) >= 11 is 0. The van der Waals surface area contributed by atoms with Crippen molar-refractivity contribution >= 4 is 5.91 Å². The standard InChI is InChI=1S/C16H20N4O2/c1-12-9-20(10-16(2,3)22-12)15(21)13-4-5-18-14(8-13)19-7-6-17-11-19/h4-8,11-12H,9-10H2,1-3H3/t12-/m1/s1. The van der Waals surface area contributed by atoms with Gasteiger partial charge in [-0.3, -0.25) is 9.36 Å². The van der Waals surface area contributed by atoms with Gasteiger partial charge >= 0.3 is 0 Å². The molecule has 0 unspecified atom stereocenters. The Bertz CT molecular complexity index is 667. The molecule has 1 aliphatic heterocycles. The lowest BCUT2D eigenvalue weighted by atomic mass is 10.0. The van der Waals surface area contributed by atoms with Gasteiger partial charge < -0.3 is 9.64 Å². The summed E-state index contributed by atoms with van der Waals surface area (Å²) in [5.41, 5.74) is 0.302. The van der Waals surface area contributed by atoms with Crippen molar-refractivity contribution < 1.29 is 9.53 Å². The van der Waals surface area contributed by atoms with Gasteiger partial charge in [-0.25, -0.2) is 9.97 Å². The van der Waals surface area contributed by atoms with Crippen LogP contribution in [-0.2, 0) is 4.74 Å². The summed E-state index contributed by atoms with van der Waals surface area (Å²) in [6, 6.07) is 3.53. The van der Waals surface area contributed by atoms with Crippen LogP contribution in [0.5, 0.6) is 0 Å². The van der Waals surface area contributed by atoms with Gasteiger partial charge in [-0.2, -0.15) is 0 Å². The number of rotatable bonds is 2. The molecule has 3 heterocycles. The lowest BCUT2D eigenvalue weighted by Crippen LogP contribution is -2.53. The number of carbonyl (C=O) groups is 1. The molecule has 1 amide bonds. The number of ether oxygens (including phenoxy) is 1. The van der Waals surface area contributed by atoms with Crippen molar-refractivity contribution in [2.24, 2.45) is 0 Å². The van der Waals surface area contributed by atoms with E-state index >= 15 is 0 Å². The molecule has 0 aromatic carbocycles. The van der Waals surface area contributed by atoms with E-state index in [4.69, 9.17) is 4.74 Å². The molecule has 1 aliphatic rings. The lowest BCUT2D eigenvalue weighted by molar-refractivity contribution is -0.118. The first-order valence-corrected chi connectivity index (χ1v) is 7.36. The summed E-state index contributed by atoms with van der Waals surface area (Å²) in [5, 5.41) is 0. The van der Waals surface area contributed by atoms with E-state index in [1.165, 1.54) is 0 Å². The topological polar surface area (TPSA) is 60.2 Å². The van der Waals surface area contributed by atoms with Crippen LogP contribution in [0.25, 0.3) is 5.82 Å². The Hall–Kier alpha value is -2.21. The van der Waals surface area contributed by atoms with Crippen LogP contribution in [-0.4, -0.2) is 50.1 Å². The van der Waals surface area contributed by atoms with E-state index in [0.717, 1.165) is 0 Å². The average Bonchev–Trinajstić information content (AvgIpc) is 2.98. The van der Waals surface area contributed by atoms with Crippen LogP contribution in [0.4, 0.5) is 0 Å². The summed E-state index contributed by atoms with van der Waals surface area (Å²) in [6.07, 6.45) is 6.83. The zero-order valence-electron chi connectivity index (χ0n) is 13.1. The largest absolute Gasteiger partial charge is 0.369 e. The maximum absolute atomic E-state index is 12.8. The number of imidazole rings is 1. The Kier molecular flexibility index (Phi) is 3.70. The molecule has 6 heteroatoms. The number of amides is 1. The van der Waals surface area contributed by atoms with E-state index < -0.39 is 0 Å². The van der Waals surface area contributed by atoms with Crippen molar-refractivity contribution in [3.63, 3.8) is 0 Å². The predicted molar refractivity (Wildman–Crippen MR) is 81.9 cm³/mol. The molecule has 1 atom stereocenters. The van der Waals surface area contributed by atoms with Crippen molar-refractivity contribution in [2.75, 3.05) is 13.1 Å². The fourth-order valence-electron chi connectivity index (χ4n) is 2.88. The number of aromatic nitrogens is 3. The highest BCUT2D eigenvalue weighted by atomic mass is 16.5. The van der Waals surface area contributed by atoms with E-state index in [-0.39, 0.29) is 17.6 Å². The second kappa shape index (κ2) is 5.53. The quantitative estimate of drug-likeness (QED) is 0.850. The van der Waals surface area contributed by atoms with E-state index in [1.54, 1.807) is 41.6 Å². The molecule has 2 aromatic rings. The van der Waals surface area contributed by atoms with Gasteiger partial charge in [0.1, 0.15) is 12.1 Å².